The van der Waals surface area contributed by atoms with E-state index in [9.17, 15) is 5.11 Å². The van der Waals surface area contributed by atoms with Crippen molar-refractivity contribution >= 4 is 0 Å². The molecule has 4 heteroatoms. The third-order valence-corrected chi connectivity index (χ3v) is 4.23. The number of nitrogens with zero attached hydrogens (tertiary/aromatic N) is 2. The van der Waals surface area contributed by atoms with Crippen LogP contribution in [0.5, 0.6) is 5.75 Å². The van der Waals surface area contributed by atoms with E-state index in [1.54, 1.807) is 7.11 Å². The van der Waals surface area contributed by atoms with Gasteiger partial charge >= 0.3 is 0 Å². The molecule has 2 aromatic rings. The number of aliphatic hydroxyl groups is 1. The summed E-state index contributed by atoms with van der Waals surface area (Å²) in [5.41, 5.74) is 4.66. The van der Waals surface area contributed by atoms with E-state index in [0.29, 0.717) is 0 Å². The molecule has 0 fully saturated rings. The van der Waals surface area contributed by atoms with Crippen LogP contribution in [0.1, 0.15) is 41.8 Å². The fraction of sp³-hybridized carbons (Fsp3) is 0.471. The Labute approximate surface area is 125 Å². The Hall–Kier alpha value is -1.81. The quantitative estimate of drug-likeness (QED) is 0.879. The molecule has 3 rings (SSSR count). The Balaban J connectivity index is 1.88. The SMILES string of the molecule is COc1ccc(Cn2nc(CO)c3c2CCCCC3)cc1. The molecule has 1 N–H and O–H groups in total. The molecule has 1 aliphatic carbocycles. The summed E-state index contributed by atoms with van der Waals surface area (Å²) in [6.07, 6.45) is 5.80. The van der Waals surface area contributed by atoms with Gasteiger partial charge in [0.2, 0.25) is 0 Å². The van der Waals surface area contributed by atoms with Crippen molar-refractivity contribution in [1.29, 1.82) is 0 Å². The van der Waals surface area contributed by atoms with Crippen LogP contribution in [0.15, 0.2) is 24.3 Å². The Kier molecular flexibility index (Phi) is 4.25. The normalized spacial score (nSPS) is 14.6. The van der Waals surface area contributed by atoms with Crippen molar-refractivity contribution < 1.29 is 9.84 Å². The molecular weight excluding hydrogens is 264 g/mol. The van der Waals surface area contributed by atoms with Crippen molar-refractivity contribution in [3.63, 3.8) is 0 Å². The van der Waals surface area contributed by atoms with Gasteiger partial charge in [0.15, 0.2) is 0 Å². The van der Waals surface area contributed by atoms with Crippen LogP contribution in [0.4, 0.5) is 0 Å². The highest BCUT2D eigenvalue weighted by atomic mass is 16.5. The predicted molar refractivity (Wildman–Crippen MR) is 81.5 cm³/mol. The van der Waals surface area contributed by atoms with Gasteiger partial charge in [0.25, 0.3) is 0 Å². The molecule has 1 aromatic heterocycles. The number of aromatic nitrogens is 2. The molecule has 4 nitrogen and oxygen atoms in total. The Morgan fingerprint density at radius 2 is 1.90 bits per heavy atom. The number of aliphatic hydroxyl groups excluding tert-OH is 1. The van der Waals surface area contributed by atoms with E-state index in [1.165, 1.54) is 36.1 Å². The molecule has 0 amide bonds. The van der Waals surface area contributed by atoms with E-state index in [1.807, 2.05) is 12.1 Å². The molecule has 112 valence electrons. The van der Waals surface area contributed by atoms with Crippen LogP contribution in [-0.4, -0.2) is 22.0 Å². The molecule has 0 saturated carbocycles. The standard InChI is InChI=1S/C17H22N2O2/c1-21-14-9-7-13(8-10-14)11-19-17-6-4-2-3-5-15(17)16(12-20)18-19/h7-10,20H,2-6,11-12H2,1H3. The van der Waals surface area contributed by atoms with Gasteiger partial charge < -0.3 is 9.84 Å². The lowest BCUT2D eigenvalue weighted by Gasteiger charge is -2.08. The maximum atomic E-state index is 9.54. The summed E-state index contributed by atoms with van der Waals surface area (Å²) in [4.78, 5) is 0. The summed E-state index contributed by atoms with van der Waals surface area (Å²) >= 11 is 0. The Morgan fingerprint density at radius 3 is 2.62 bits per heavy atom. The highest BCUT2D eigenvalue weighted by Gasteiger charge is 2.19. The maximum Gasteiger partial charge on any atom is 0.118 e. The second-order valence-electron chi connectivity index (χ2n) is 5.60. The molecule has 0 atom stereocenters. The van der Waals surface area contributed by atoms with Crippen LogP contribution in [0.25, 0.3) is 0 Å². The first kappa shape index (κ1) is 14.1. The lowest BCUT2D eigenvalue weighted by atomic mass is 10.1. The summed E-state index contributed by atoms with van der Waals surface area (Å²) in [6.45, 7) is 0.796. The van der Waals surface area contributed by atoms with Gasteiger partial charge in [-0.15, -0.1) is 0 Å². The zero-order chi connectivity index (χ0) is 14.7. The molecule has 0 radical (unpaired) electrons. The summed E-state index contributed by atoms with van der Waals surface area (Å²) in [5.74, 6) is 0.870. The van der Waals surface area contributed by atoms with Crippen LogP contribution in [0.3, 0.4) is 0 Å². The lowest BCUT2D eigenvalue weighted by Crippen LogP contribution is -2.07. The van der Waals surface area contributed by atoms with Crippen LogP contribution in [-0.2, 0) is 26.0 Å². The smallest absolute Gasteiger partial charge is 0.118 e. The number of methoxy groups -OCH3 is 1. The average molecular weight is 286 g/mol. The minimum Gasteiger partial charge on any atom is -0.497 e. The van der Waals surface area contributed by atoms with Crippen molar-refractivity contribution in [2.45, 2.75) is 45.3 Å². The van der Waals surface area contributed by atoms with Gasteiger partial charge in [-0.25, -0.2) is 0 Å². The van der Waals surface area contributed by atoms with Gasteiger partial charge in [0, 0.05) is 5.69 Å². The summed E-state index contributed by atoms with van der Waals surface area (Å²) < 4.78 is 7.27. The topological polar surface area (TPSA) is 47.3 Å². The monoisotopic (exact) mass is 286 g/mol. The zero-order valence-electron chi connectivity index (χ0n) is 12.5. The third-order valence-electron chi connectivity index (χ3n) is 4.23. The van der Waals surface area contributed by atoms with Crippen LogP contribution in [0.2, 0.25) is 0 Å². The van der Waals surface area contributed by atoms with E-state index >= 15 is 0 Å². The molecule has 0 unspecified atom stereocenters. The van der Waals surface area contributed by atoms with Crippen LogP contribution < -0.4 is 4.74 Å². The van der Waals surface area contributed by atoms with Gasteiger partial charge in [-0.1, -0.05) is 18.6 Å². The molecule has 0 spiro atoms. The molecule has 1 aromatic carbocycles. The number of hydrogen-bond donors (Lipinski definition) is 1. The zero-order valence-corrected chi connectivity index (χ0v) is 12.5. The number of fused-ring (bicyclic) bond motifs is 1. The minimum absolute atomic E-state index is 0.0396. The molecule has 21 heavy (non-hydrogen) atoms. The van der Waals surface area contributed by atoms with Gasteiger partial charge in [-0.3, -0.25) is 4.68 Å². The highest BCUT2D eigenvalue weighted by molar-refractivity contribution is 5.30. The van der Waals surface area contributed by atoms with E-state index in [-0.39, 0.29) is 6.61 Å². The Morgan fingerprint density at radius 1 is 1.14 bits per heavy atom. The van der Waals surface area contributed by atoms with E-state index < -0.39 is 0 Å². The third kappa shape index (κ3) is 2.95. The van der Waals surface area contributed by atoms with Crippen molar-refractivity contribution in [3.05, 3.63) is 46.8 Å². The number of hydrogen-bond acceptors (Lipinski definition) is 3. The predicted octanol–water partition coefficient (Wildman–Crippen LogP) is 2.70. The molecule has 1 heterocycles. The second kappa shape index (κ2) is 6.31. The number of ether oxygens (including phenoxy) is 1. The first-order chi connectivity index (χ1) is 10.3. The summed E-state index contributed by atoms with van der Waals surface area (Å²) in [5, 5.41) is 14.2. The fourth-order valence-electron chi connectivity index (χ4n) is 3.09. The molecular formula is C17H22N2O2. The molecule has 1 aliphatic rings. The summed E-state index contributed by atoms with van der Waals surface area (Å²) in [7, 11) is 1.68. The van der Waals surface area contributed by atoms with Crippen molar-refractivity contribution in [2.24, 2.45) is 0 Å². The lowest BCUT2D eigenvalue weighted by molar-refractivity contribution is 0.274. The van der Waals surface area contributed by atoms with Crippen LogP contribution in [0, 0.1) is 0 Å². The van der Waals surface area contributed by atoms with Crippen LogP contribution >= 0.6 is 0 Å². The first-order valence-electron chi connectivity index (χ1n) is 7.63. The molecule has 0 bridgehead atoms. The maximum absolute atomic E-state index is 9.54. The van der Waals surface area contributed by atoms with Crippen molar-refractivity contribution in [2.75, 3.05) is 7.11 Å². The Bertz CT molecular complexity index is 602. The molecule has 0 saturated heterocycles. The second-order valence-corrected chi connectivity index (χ2v) is 5.60. The highest BCUT2D eigenvalue weighted by Crippen LogP contribution is 2.25. The molecule has 0 aliphatic heterocycles. The number of rotatable bonds is 4. The number of benzene rings is 1. The first-order valence-corrected chi connectivity index (χ1v) is 7.63. The van der Waals surface area contributed by atoms with Gasteiger partial charge in [0.1, 0.15) is 5.75 Å². The van der Waals surface area contributed by atoms with Crippen molar-refractivity contribution in [1.82, 2.24) is 9.78 Å². The fourth-order valence-corrected chi connectivity index (χ4v) is 3.09. The van der Waals surface area contributed by atoms with Gasteiger partial charge in [0.05, 0.1) is 26.0 Å². The van der Waals surface area contributed by atoms with E-state index in [4.69, 9.17) is 4.74 Å². The largest absolute Gasteiger partial charge is 0.497 e. The van der Waals surface area contributed by atoms with Gasteiger partial charge in [-0.05, 0) is 48.9 Å². The van der Waals surface area contributed by atoms with Crippen molar-refractivity contribution in [3.8, 4) is 5.75 Å². The van der Waals surface area contributed by atoms with E-state index in [2.05, 4.69) is 21.9 Å². The summed E-state index contributed by atoms with van der Waals surface area (Å²) in [6, 6.07) is 8.10. The average Bonchev–Trinajstić information content (AvgIpc) is 2.70. The van der Waals surface area contributed by atoms with Gasteiger partial charge in [-0.2, -0.15) is 5.10 Å². The minimum atomic E-state index is 0.0396. The van der Waals surface area contributed by atoms with E-state index in [0.717, 1.165) is 30.8 Å².